The molecule has 0 fully saturated rings. The number of rotatable bonds is 1. The van der Waals surface area contributed by atoms with Crippen LogP contribution in [0.1, 0.15) is 5.82 Å². The van der Waals surface area contributed by atoms with Gasteiger partial charge in [0.25, 0.3) is 0 Å². The maximum atomic E-state index is 8.94. The maximum absolute atomic E-state index is 8.94. The molecule has 2 heterocycles. The van der Waals surface area contributed by atoms with Gasteiger partial charge in [0.05, 0.1) is 0 Å². The lowest BCUT2D eigenvalue weighted by Crippen LogP contribution is -1.97. The minimum Gasteiger partial charge on any atom is -0.388 e. The van der Waals surface area contributed by atoms with Crippen molar-refractivity contribution in [2.45, 2.75) is 6.61 Å². The van der Waals surface area contributed by atoms with Crippen LogP contribution in [-0.2, 0) is 13.7 Å². The second kappa shape index (κ2) is 2.97. The van der Waals surface area contributed by atoms with Crippen molar-refractivity contribution in [1.82, 2.24) is 14.5 Å². The van der Waals surface area contributed by atoms with Crippen LogP contribution in [0, 0.1) is 0 Å². The molecule has 13 heavy (non-hydrogen) atoms. The highest BCUT2D eigenvalue weighted by Crippen LogP contribution is 2.15. The minimum atomic E-state index is -0.0928. The third-order valence-corrected chi connectivity index (χ3v) is 2.13. The first-order valence-electron chi connectivity index (χ1n) is 3.81. The number of hydrogen-bond acceptors (Lipinski definition) is 3. The third-order valence-electron chi connectivity index (χ3n) is 1.92. The molecule has 0 aliphatic heterocycles. The maximum Gasteiger partial charge on any atom is 0.161 e. The van der Waals surface area contributed by atoms with Crippen molar-refractivity contribution >= 4 is 22.8 Å². The number of pyridine rings is 1. The van der Waals surface area contributed by atoms with Crippen LogP contribution < -0.4 is 0 Å². The Labute approximate surface area is 79.8 Å². The Hall–Kier alpha value is -1.13. The molecule has 0 aliphatic carbocycles. The van der Waals surface area contributed by atoms with E-state index in [4.69, 9.17) is 16.7 Å². The first kappa shape index (κ1) is 8.47. The molecule has 0 unspecified atom stereocenters. The Morgan fingerprint density at radius 3 is 2.92 bits per heavy atom. The molecule has 0 aromatic carbocycles. The molecule has 2 aromatic rings. The molecule has 2 rings (SSSR count). The minimum absolute atomic E-state index is 0.0928. The van der Waals surface area contributed by atoms with Crippen molar-refractivity contribution in [2.24, 2.45) is 7.05 Å². The molecule has 4 nitrogen and oxygen atoms in total. The molecule has 0 aliphatic rings. The summed E-state index contributed by atoms with van der Waals surface area (Å²) in [7, 11) is 1.80. The summed E-state index contributed by atoms with van der Waals surface area (Å²) in [5.74, 6) is 0.588. The molecular weight excluding hydrogens is 190 g/mol. The van der Waals surface area contributed by atoms with Crippen molar-refractivity contribution in [3.05, 3.63) is 23.1 Å². The largest absolute Gasteiger partial charge is 0.388 e. The third kappa shape index (κ3) is 1.28. The number of nitrogens with zero attached hydrogens (tertiary/aromatic N) is 3. The Balaban J connectivity index is 2.77. The molecule has 0 radical (unpaired) electrons. The Morgan fingerprint density at radius 1 is 1.46 bits per heavy atom. The van der Waals surface area contributed by atoms with Crippen LogP contribution in [-0.4, -0.2) is 19.6 Å². The molecule has 0 spiro atoms. The smallest absolute Gasteiger partial charge is 0.161 e. The zero-order valence-corrected chi connectivity index (χ0v) is 7.78. The van der Waals surface area contributed by atoms with Gasteiger partial charge in [-0.15, -0.1) is 0 Å². The van der Waals surface area contributed by atoms with E-state index in [1.807, 2.05) is 0 Å². The monoisotopic (exact) mass is 197 g/mol. The van der Waals surface area contributed by atoms with Gasteiger partial charge in [0, 0.05) is 7.05 Å². The number of aryl methyl sites for hydroxylation is 1. The van der Waals surface area contributed by atoms with Gasteiger partial charge in [-0.05, 0) is 12.1 Å². The number of aromatic nitrogens is 3. The summed E-state index contributed by atoms with van der Waals surface area (Å²) in [6.07, 6.45) is 0. The highest BCUT2D eigenvalue weighted by atomic mass is 35.5. The molecule has 2 aromatic heterocycles. The Morgan fingerprint density at radius 2 is 2.23 bits per heavy atom. The van der Waals surface area contributed by atoms with Gasteiger partial charge < -0.3 is 9.67 Å². The zero-order chi connectivity index (χ0) is 9.42. The quantitative estimate of drug-likeness (QED) is 0.697. The first-order chi connectivity index (χ1) is 6.22. The fourth-order valence-corrected chi connectivity index (χ4v) is 1.37. The molecule has 0 amide bonds. The standard InChI is InChI=1S/C8H8ClN3O/c1-12-7(4-13)10-5-2-3-6(9)11-8(5)12/h2-3,13H,4H2,1H3. The molecule has 1 N–H and O–H groups in total. The van der Waals surface area contributed by atoms with Crippen LogP contribution in [0.3, 0.4) is 0 Å². The average molecular weight is 198 g/mol. The van der Waals surface area contributed by atoms with Gasteiger partial charge >= 0.3 is 0 Å². The highest BCUT2D eigenvalue weighted by molar-refractivity contribution is 6.29. The summed E-state index contributed by atoms with van der Waals surface area (Å²) in [5.41, 5.74) is 1.44. The van der Waals surface area contributed by atoms with Gasteiger partial charge in [-0.1, -0.05) is 11.6 Å². The van der Waals surface area contributed by atoms with Crippen LogP contribution in [0.25, 0.3) is 11.2 Å². The highest BCUT2D eigenvalue weighted by Gasteiger charge is 2.07. The van der Waals surface area contributed by atoms with Crippen LogP contribution >= 0.6 is 11.6 Å². The fraction of sp³-hybridized carbons (Fsp3) is 0.250. The van der Waals surface area contributed by atoms with Gasteiger partial charge in [0.15, 0.2) is 5.65 Å². The summed E-state index contributed by atoms with van der Waals surface area (Å²) in [6, 6.07) is 3.46. The summed E-state index contributed by atoms with van der Waals surface area (Å²) < 4.78 is 1.72. The topological polar surface area (TPSA) is 50.9 Å². The molecule has 68 valence electrons. The first-order valence-corrected chi connectivity index (χ1v) is 4.19. The van der Waals surface area contributed by atoms with Crippen LogP contribution in [0.2, 0.25) is 5.15 Å². The van der Waals surface area contributed by atoms with Crippen molar-refractivity contribution in [3.63, 3.8) is 0 Å². The van der Waals surface area contributed by atoms with E-state index in [9.17, 15) is 0 Å². The average Bonchev–Trinajstić information content (AvgIpc) is 2.44. The van der Waals surface area contributed by atoms with Gasteiger partial charge in [-0.25, -0.2) is 9.97 Å². The summed E-state index contributed by atoms with van der Waals surface area (Å²) in [6.45, 7) is -0.0928. The van der Waals surface area contributed by atoms with E-state index in [1.54, 1.807) is 23.7 Å². The normalized spacial score (nSPS) is 11.0. The molecule has 5 heteroatoms. The van der Waals surface area contributed by atoms with Crippen molar-refractivity contribution in [1.29, 1.82) is 0 Å². The van der Waals surface area contributed by atoms with Crippen molar-refractivity contribution in [2.75, 3.05) is 0 Å². The predicted octanol–water partition coefficient (Wildman–Crippen LogP) is 1.11. The van der Waals surface area contributed by atoms with Gasteiger partial charge in [-0.2, -0.15) is 0 Å². The Kier molecular flexibility index (Phi) is 1.94. The van der Waals surface area contributed by atoms with Crippen LogP contribution in [0.4, 0.5) is 0 Å². The molecule has 0 atom stereocenters. The second-order valence-electron chi connectivity index (χ2n) is 2.72. The number of aliphatic hydroxyl groups excluding tert-OH is 1. The number of halogens is 1. The SMILES string of the molecule is Cn1c(CO)nc2ccc(Cl)nc21. The summed E-state index contributed by atoms with van der Waals surface area (Å²) in [5, 5.41) is 9.38. The lowest BCUT2D eigenvalue weighted by atomic mass is 10.4. The lowest BCUT2D eigenvalue weighted by Gasteiger charge is -1.96. The summed E-state index contributed by atoms with van der Waals surface area (Å²) in [4.78, 5) is 8.26. The second-order valence-corrected chi connectivity index (χ2v) is 3.11. The van der Waals surface area contributed by atoms with Crippen molar-refractivity contribution < 1.29 is 5.11 Å². The van der Waals surface area contributed by atoms with E-state index in [1.165, 1.54) is 0 Å². The van der Waals surface area contributed by atoms with E-state index in [0.29, 0.717) is 16.6 Å². The van der Waals surface area contributed by atoms with Crippen LogP contribution in [0.5, 0.6) is 0 Å². The number of imidazole rings is 1. The van der Waals surface area contributed by atoms with Gasteiger partial charge in [0.2, 0.25) is 0 Å². The van der Waals surface area contributed by atoms with E-state index >= 15 is 0 Å². The summed E-state index contributed by atoms with van der Waals surface area (Å²) >= 11 is 5.73. The van der Waals surface area contributed by atoms with E-state index in [-0.39, 0.29) is 6.61 Å². The molecule has 0 bridgehead atoms. The van der Waals surface area contributed by atoms with Gasteiger partial charge in [0.1, 0.15) is 23.1 Å². The van der Waals surface area contributed by atoms with E-state index in [0.717, 1.165) is 5.52 Å². The Bertz CT molecular complexity index is 452. The predicted molar refractivity (Wildman–Crippen MR) is 49.4 cm³/mol. The number of fused-ring (bicyclic) bond motifs is 1. The van der Waals surface area contributed by atoms with Gasteiger partial charge in [-0.3, -0.25) is 0 Å². The number of aliphatic hydroxyl groups is 1. The van der Waals surface area contributed by atoms with E-state index in [2.05, 4.69) is 9.97 Å². The molecule has 0 saturated carbocycles. The zero-order valence-electron chi connectivity index (χ0n) is 7.03. The number of hydrogen-bond donors (Lipinski definition) is 1. The van der Waals surface area contributed by atoms with E-state index < -0.39 is 0 Å². The molecule has 0 saturated heterocycles. The molecular formula is C8H8ClN3O. The van der Waals surface area contributed by atoms with Crippen molar-refractivity contribution in [3.8, 4) is 0 Å². The fourth-order valence-electron chi connectivity index (χ4n) is 1.23. The van der Waals surface area contributed by atoms with Crippen LogP contribution in [0.15, 0.2) is 12.1 Å². The lowest BCUT2D eigenvalue weighted by molar-refractivity contribution is 0.268.